The van der Waals surface area contributed by atoms with Gasteiger partial charge in [-0.3, -0.25) is 0 Å². The molecule has 3 heteroatoms. The Hall–Kier alpha value is -6.58. The van der Waals surface area contributed by atoms with Crippen molar-refractivity contribution >= 4 is 71.7 Å². The number of hydrogen-bond acceptors (Lipinski definition) is 3. The van der Waals surface area contributed by atoms with Gasteiger partial charge in [0.2, 0.25) is 0 Å². The van der Waals surface area contributed by atoms with Gasteiger partial charge in [0.05, 0.1) is 11.1 Å². The first-order valence-electron chi connectivity index (χ1n) is 16.6. The number of para-hydroxylation sites is 3. The van der Waals surface area contributed by atoms with Crippen LogP contribution in [0.4, 0.5) is 17.1 Å². The van der Waals surface area contributed by atoms with Crippen LogP contribution in [0.15, 0.2) is 185 Å². The Bertz CT molecular complexity index is 2790. The molecule has 0 amide bonds. The zero-order chi connectivity index (χ0) is 32.3. The zero-order valence-corrected chi connectivity index (χ0v) is 26.5. The Labute approximate surface area is 282 Å². The summed E-state index contributed by atoms with van der Waals surface area (Å²) in [6.07, 6.45) is 0. The van der Waals surface area contributed by atoms with Crippen LogP contribution < -0.4 is 4.90 Å². The van der Waals surface area contributed by atoms with E-state index in [2.05, 4.69) is 169 Å². The van der Waals surface area contributed by atoms with Gasteiger partial charge in [-0.2, -0.15) is 0 Å². The van der Waals surface area contributed by atoms with Crippen LogP contribution in [0.3, 0.4) is 0 Å². The molecular weight excluding hydrogens is 599 g/mol. The van der Waals surface area contributed by atoms with E-state index in [4.69, 9.17) is 8.83 Å². The summed E-state index contributed by atoms with van der Waals surface area (Å²) in [5.74, 6) is 0. The maximum absolute atomic E-state index is 6.74. The van der Waals surface area contributed by atoms with Gasteiger partial charge < -0.3 is 13.7 Å². The third kappa shape index (κ3) is 4.44. The van der Waals surface area contributed by atoms with E-state index < -0.39 is 0 Å². The average molecular weight is 628 g/mol. The highest BCUT2D eigenvalue weighted by Crippen LogP contribution is 2.46. The molecule has 8 aromatic carbocycles. The topological polar surface area (TPSA) is 29.5 Å². The Morgan fingerprint density at radius 3 is 1.76 bits per heavy atom. The molecule has 10 aromatic rings. The molecule has 10 rings (SSSR count). The number of rotatable bonds is 5. The SMILES string of the molecule is c1ccc(N(c2ccccc2)c2cccc3oc4c5ccccc5c(-c5cccc(-c6ccc7c(c6)oc6ccccc67)c5)cc4c23)cc1. The van der Waals surface area contributed by atoms with Crippen molar-refractivity contribution in [1.29, 1.82) is 0 Å². The van der Waals surface area contributed by atoms with Crippen LogP contribution in [0.5, 0.6) is 0 Å². The lowest BCUT2D eigenvalue weighted by molar-refractivity contribution is 0.669. The molecule has 2 aromatic heterocycles. The molecule has 0 bridgehead atoms. The molecule has 0 spiro atoms. The predicted molar refractivity (Wildman–Crippen MR) is 204 cm³/mol. The minimum absolute atomic E-state index is 0.861. The van der Waals surface area contributed by atoms with Crippen molar-refractivity contribution in [3.63, 3.8) is 0 Å². The third-order valence-corrected chi connectivity index (χ3v) is 9.64. The Morgan fingerprint density at radius 1 is 0.347 bits per heavy atom. The van der Waals surface area contributed by atoms with Gasteiger partial charge in [0.25, 0.3) is 0 Å². The summed E-state index contributed by atoms with van der Waals surface area (Å²) in [4.78, 5) is 2.32. The number of furan rings is 2. The van der Waals surface area contributed by atoms with Gasteiger partial charge in [0, 0.05) is 32.9 Å². The average Bonchev–Trinajstić information content (AvgIpc) is 3.74. The van der Waals surface area contributed by atoms with E-state index >= 15 is 0 Å². The predicted octanol–water partition coefficient (Wildman–Crippen LogP) is 13.4. The Morgan fingerprint density at radius 2 is 0.959 bits per heavy atom. The van der Waals surface area contributed by atoms with Gasteiger partial charge in [0.1, 0.15) is 22.3 Å². The van der Waals surface area contributed by atoms with Crippen LogP contribution in [0, 0.1) is 0 Å². The van der Waals surface area contributed by atoms with E-state index in [1.54, 1.807) is 0 Å². The van der Waals surface area contributed by atoms with Gasteiger partial charge in [0.15, 0.2) is 0 Å². The maximum Gasteiger partial charge on any atom is 0.143 e. The molecule has 0 aliphatic heterocycles. The fourth-order valence-electron chi connectivity index (χ4n) is 7.41. The molecule has 0 fully saturated rings. The molecule has 230 valence electrons. The lowest BCUT2D eigenvalue weighted by Crippen LogP contribution is -2.09. The van der Waals surface area contributed by atoms with E-state index in [-0.39, 0.29) is 0 Å². The number of benzene rings is 8. The van der Waals surface area contributed by atoms with Crippen molar-refractivity contribution in [2.45, 2.75) is 0 Å². The second-order valence-corrected chi connectivity index (χ2v) is 12.5. The summed E-state index contributed by atoms with van der Waals surface area (Å²) in [5.41, 5.74) is 11.4. The monoisotopic (exact) mass is 627 g/mol. The Balaban J connectivity index is 1.19. The minimum atomic E-state index is 0.861. The first-order valence-corrected chi connectivity index (χ1v) is 16.6. The summed E-state index contributed by atoms with van der Waals surface area (Å²) in [6, 6.07) is 61.9. The van der Waals surface area contributed by atoms with Crippen LogP contribution in [0.25, 0.3) is 76.9 Å². The smallest absolute Gasteiger partial charge is 0.143 e. The first kappa shape index (κ1) is 27.5. The number of fused-ring (bicyclic) bond motifs is 8. The molecule has 0 radical (unpaired) electrons. The summed E-state index contributed by atoms with van der Waals surface area (Å²) in [7, 11) is 0. The van der Waals surface area contributed by atoms with E-state index in [0.29, 0.717) is 0 Å². The van der Waals surface area contributed by atoms with Crippen LogP contribution >= 0.6 is 0 Å². The molecule has 0 unspecified atom stereocenters. The number of hydrogen-bond donors (Lipinski definition) is 0. The molecule has 2 heterocycles. The van der Waals surface area contributed by atoms with Crippen LogP contribution in [0.1, 0.15) is 0 Å². The summed E-state index contributed by atoms with van der Waals surface area (Å²) in [6.45, 7) is 0. The molecule has 0 saturated carbocycles. The molecule has 0 N–H and O–H groups in total. The molecular formula is C46H29NO2. The van der Waals surface area contributed by atoms with Gasteiger partial charge in [-0.15, -0.1) is 0 Å². The van der Waals surface area contributed by atoms with E-state index in [1.165, 1.54) is 5.56 Å². The zero-order valence-electron chi connectivity index (χ0n) is 26.5. The van der Waals surface area contributed by atoms with Gasteiger partial charge in [-0.25, -0.2) is 0 Å². The minimum Gasteiger partial charge on any atom is -0.456 e. The summed E-state index contributed by atoms with van der Waals surface area (Å²) < 4.78 is 13.0. The normalized spacial score (nSPS) is 11.7. The maximum atomic E-state index is 6.74. The van der Waals surface area contributed by atoms with Crippen molar-refractivity contribution < 1.29 is 8.83 Å². The summed E-state index contributed by atoms with van der Waals surface area (Å²) in [5, 5.41) is 6.70. The van der Waals surface area contributed by atoms with Crippen molar-refractivity contribution in [3.8, 4) is 22.3 Å². The van der Waals surface area contributed by atoms with Gasteiger partial charge in [-0.1, -0.05) is 109 Å². The van der Waals surface area contributed by atoms with Crippen molar-refractivity contribution in [2.24, 2.45) is 0 Å². The summed E-state index contributed by atoms with van der Waals surface area (Å²) >= 11 is 0. The van der Waals surface area contributed by atoms with Gasteiger partial charge >= 0.3 is 0 Å². The van der Waals surface area contributed by atoms with Crippen molar-refractivity contribution in [1.82, 2.24) is 0 Å². The first-order chi connectivity index (χ1) is 24.3. The van der Waals surface area contributed by atoms with Crippen LogP contribution in [0.2, 0.25) is 0 Å². The molecule has 49 heavy (non-hydrogen) atoms. The molecule has 0 saturated heterocycles. The molecule has 0 aliphatic rings. The third-order valence-electron chi connectivity index (χ3n) is 9.64. The van der Waals surface area contributed by atoms with Crippen molar-refractivity contribution in [3.05, 3.63) is 176 Å². The van der Waals surface area contributed by atoms with Crippen LogP contribution in [-0.2, 0) is 0 Å². The fraction of sp³-hybridized carbons (Fsp3) is 0. The molecule has 0 aliphatic carbocycles. The lowest BCUT2D eigenvalue weighted by Gasteiger charge is -2.26. The molecule has 3 nitrogen and oxygen atoms in total. The largest absolute Gasteiger partial charge is 0.456 e. The highest BCUT2D eigenvalue weighted by molar-refractivity contribution is 6.22. The highest BCUT2D eigenvalue weighted by Gasteiger charge is 2.21. The van der Waals surface area contributed by atoms with Crippen LogP contribution in [-0.4, -0.2) is 0 Å². The molecule has 0 atom stereocenters. The second-order valence-electron chi connectivity index (χ2n) is 12.5. The lowest BCUT2D eigenvalue weighted by atomic mass is 9.93. The van der Waals surface area contributed by atoms with E-state index in [0.717, 1.165) is 88.4 Å². The van der Waals surface area contributed by atoms with Gasteiger partial charge in [-0.05, 0) is 94.4 Å². The standard InChI is InChI=1S/C46H29NO2/c1-3-15-33(16-4-1)47(34-17-5-2-6-18-34)41-22-12-24-43-45(41)40-29-39(35-19-7-8-21-38(35)46(40)49-43)32-14-11-13-30(27-32)31-25-26-37-36-20-9-10-23-42(36)48-44(37)28-31/h1-29H. The quantitative estimate of drug-likeness (QED) is 0.190. The second kappa shape index (κ2) is 11.0. The van der Waals surface area contributed by atoms with E-state index in [1.807, 2.05) is 12.1 Å². The fourth-order valence-corrected chi connectivity index (χ4v) is 7.41. The number of nitrogens with zero attached hydrogens (tertiary/aromatic N) is 1. The number of anilines is 3. The Kier molecular flexibility index (Phi) is 6.18. The van der Waals surface area contributed by atoms with E-state index in [9.17, 15) is 0 Å². The van der Waals surface area contributed by atoms with Crippen molar-refractivity contribution in [2.75, 3.05) is 4.90 Å². The highest BCUT2D eigenvalue weighted by atomic mass is 16.3.